The van der Waals surface area contributed by atoms with Crippen molar-refractivity contribution in [1.29, 1.82) is 0 Å². The number of benzene rings is 20. The van der Waals surface area contributed by atoms with E-state index in [4.69, 9.17) is 24.9 Å². The average molecular weight is 1640 g/mol. The van der Waals surface area contributed by atoms with Crippen molar-refractivity contribution in [3.63, 3.8) is 0 Å². The van der Waals surface area contributed by atoms with Gasteiger partial charge in [0, 0.05) is 89.9 Å². The predicted octanol–water partition coefficient (Wildman–Crippen LogP) is 29.4. The number of para-hydroxylation sites is 1. The highest BCUT2D eigenvalue weighted by molar-refractivity contribution is 6.34. The van der Waals surface area contributed by atoms with Gasteiger partial charge in [-0.15, -0.1) is 0 Å². The second kappa shape index (κ2) is 30.6. The van der Waals surface area contributed by atoms with Crippen molar-refractivity contribution < 1.29 is 0 Å². The molecular formula is C117H79N11. The molecule has 0 saturated heterocycles. The van der Waals surface area contributed by atoms with Crippen LogP contribution < -0.4 is 0 Å². The van der Waals surface area contributed by atoms with E-state index in [1.807, 2.05) is 79.1 Å². The first kappa shape index (κ1) is 74.9. The van der Waals surface area contributed by atoms with Crippen LogP contribution >= 0.6 is 0 Å². The van der Waals surface area contributed by atoms with Crippen molar-refractivity contribution in [3.05, 3.63) is 407 Å². The minimum Gasteiger partial charge on any atom is -0.327 e. The van der Waals surface area contributed by atoms with Gasteiger partial charge in [-0.25, -0.2) is 24.9 Å². The van der Waals surface area contributed by atoms with Gasteiger partial charge in [0.15, 0.2) is 0 Å². The van der Waals surface area contributed by atoms with Crippen molar-refractivity contribution in [3.8, 4) is 90.2 Å². The molecule has 27 rings (SSSR count). The molecule has 0 spiro atoms. The molecule has 0 atom stereocenters. The standard InChI is InChI=1S/C34H22N2.C30H20N2.C27H19N3.C26H18N4/c1-36-31-19-16-23(20-30(31)35-34(36)22-8-3-2-4-9-22)24-17-18-29-27-13-6-11-21-10-5-12-26(32(21)27)28-15-7-14-25(24)33(28)29;1-32-27-17-14-23(18-26(27)31-30(32)22-6-3-2-4-7-22)24-15-12-21-11-10-19-8-5-9-20-13-16-25(24)29(21)28(19)20;1-30-25-16-15-19(17-24(25)29-27(30)18-9-3-2-4-10-18)26-22-13-6-5-11-20(22)21-12-7-8-14-23(21)28-26;1-30-23-12-11-18(16-22(23)29-26(30)17-7-3-2-4-8-17)21-15-19-9-5-13-27-24(19)25-20(21)10-6-14-28-25/h2-20H,1H3;2-18H,1H3;2-17H,1H3;2-16H,1H3. The Balaban J connectivity index is 0.0000000953. The number of hydrogen-bond acceptors (Lipinski definition) is 7. The molecule has 0 unspecified atom stereocenters. The summed E-state index contributed by atoms with van der Waals surface area (Å²) in [6.45, 7) is 0. The minimum atomic E-state index is 0.927. The van der Waals surface area contributed by atoms with Crippen LogP contribution in [0.3, 0.4) is 0 Å². The van der Waals surface area contributed by atoms with Gasteiger partial charge in [0.1, 0.15) is 23.3 Å². The number of pyridine rings is 3. The van der Waals surface area contributed by atoms with Crippen molar-refractivity contribution in [2.45, 2.75) is 0 Å². The first-order valence-corrected chi connectivity index (χ1v) is 43.4. The smallest absolute Gasteiger partial charge is 0.140 e. The van der Waals surface area contributed by atoms with E-state index in [9.17, 15) is 0 Å². The SMILES string of the molecule is Cn1c(-c2ccccc2)nc2cc(-c3cc4cccnc4c4ncccc34)ccc21.Cn1c(-c2ccccc2)nc2cc(-c3ccc4c5cccc6cccc(c7cccc3c74)c65)ccc21.Cn1c(-c2ccccc2)nc2cc(-c3ccc4ccc5cccc6ccc3c4c56)ccc21.Cn1c(-c2ccccc2)nc2cc(-c3nc4ccccc4c4ccccc34)ccc21. The molecule has 0 bridgehead atoms. The average Bonchev–Trinajstić information content (AvgIpc) is 1.04. The van der Waals surface area contributed by atoms with Crippen molar-refractivity contribution in [2.24, 2.45) is 28.2 Å². The summed E-state index contributed by atoms with van der Waals surface area (Å²) < 4.78 is 8.67. The maximum Gasteiger partial charge on any atom is 0.140 e. The summed E-state index contributed by atoms with van der Waals surface area (Å²) in [4.78, 5) is 34.1. The van der Waals surface area contributed by atoms with Gasteiger partial charge in [0.25, 0.3) is 0 Å². The minimum absolute atomic E-state index is 0.927. The lowest BCUT2D eigenvalue weighted by atomic mass is 9.87. The highest BCUT2D eigenvalue weighted by Gasteiger charge is 2.22. The van der Waals surface area contributed by atoms with Crippen LogP contribution in [0.2, 0.25) is 0 Å². The predicted molar refractivity (Wildman–Crippen MR) is 535 cm³/mol. The summed E-state index contributed by atoms with van der Waals surface area (Å²) in [5.41, 5.74) is 25.1. The monoisotopic (exact) mass is 1640 g/mol. The van der Waals surface area contributed by atoms with Gasteiger partial charge in [-0.2, -0.15) is 0 Å². The number of nitrogens with zero attached hydrogens (tertiary/aromatic N) is 11. The molecule has 0 amide bonds. The van der Waals surface area contributed by atoms with E-state index in [1.54, 1.807) is 0 Å². The molecule has 0 fully saturated rings. The number of fused-ring (bicyclic) bond motifs is 12. The van der Waals surface area contributed by atoms with Crippen LogP contribution in [0.5, 0.6) is 0 Å². The van der Waals surface area contributed by atoms with Gasteiger partial charge < -0.3 is 18.3 Å². The number of imidazole rings is 4. The summed E-state index contributed by atoms with van der Waals surface area (Å²) in [6.07, 6.45) is 3.65. The molecule has 0 aliphatic rings. The van der Waals surface area contributed by atoms with Crippen LogP contribution in [-0.4, -0.2) is 53.2 Å². The summed E-state index contributed by atoms with van der Waals surface area (Å²) in [5.74, 6) is 3.92. The lowest BCUT2D eigenvalue weighted by molar-refractivity contribution is 0.959. The van der Waals surface area contributed by atoms with Gasteiger partial charge >= 0.3 is 0 Å². The topological polar surface area (TPSA) is 110 Å². The van der Waals surface area contributed by atoms with Crippen LogP contribution in [0.25, 0.3) is 253 Å². The number of rotatable bonds is 8. The molecule has 0 saturated carbocycles. The largest absolute Gasteiger partial charge is 0.327 e. The first-order chi connectivity index (χ1) is 63.1. The van der Waals surface area contributed by atoms with E-state index < -0.39 is 0 Å². The van der Waals surface area contributed by atoms with Gasteiger partial charge in [-0.3, -0.25) is 9.97 Å². The van der Waals surface area contributed by atoms with E-state index in [2.05, 4.69) is 384 Å². The van der Waals surface area contributed by atoms with Gasteiger partial charge in [-0.1, -0.05) is 322 Å². The Morgan fingerprint density at radius 3 is 1.05 bits per heavy atom. The fraction of sp³-hybridized carbons (Fsp3) is 0.0342. The summed E-state index contributed by atoms with van der Waals surface area (Å²) in [7, 11) is 8.32. The van der Waals surface area contributed by atoms with E-state index in [1.165, 1.54) is 108 Å². The molecule has 7 heterocycles. The lowest BCUT2D eigenvalue weighted by Gasteiger charge is -2.16. The number of aryl methyl sites for hydroxylation is 4. The maximum atomic E-state index is 5.03. The third kappa shape index (κ3) is 12.5. The normalized spacial score (nSPS) is 11.8. The zero-order valence-corrected chi connectivity index (χ0v) is 70.6. The number of aromatic nitrogens is 11. The maximum absolute atomic E-state index is 5.03. The second-order valence-electron chi connectivity index (χ2n) is 33.2. The van der Waals surface area contributed by atoms with E-state index >= 15 is 0 Å². The molecule has 11 heteroatoms. The molecule has 0 aliphatic carbocycles. The van der Waals surface area contributed by atoms with Crippen LogP contribution in [0.4, 0.5) is 0 Å². The Morgan fingerprint density at radius 2 is 0.523 bits per heavy atom. The Labute approximate surface area is 736 Å². The van der Waals surface area contributed by atoms with Crippen LogP contribution in [0.15, 0.2) is 407 Å². The molecule has 7 aromatic heterocycles. The second-order valence-corrected chi connectivity index (χ2v) is 33.2. The van der Waals surface area contributed by atoms with E-state index in [0.717, 1.165) is 145 Å². The van der Waals surface area contributed by atoms with Crippen molar-refractivity contribution >= 4 is 163 Å². The molecule has 602 valence electrons. The molecule has 0 radical (unpaired) electrons. The molecule has 27 aromatic rings. The Kier molecular flexibility index (Phi) is 17.9. The van der Waals surface area contributed by atoms with Gasteiger partial charge in [0.05, 0.1) is 66.4 Å². The fourth-order valence-electron chi connectivity index (χ4n) is 19.9. The highest BCUT2D eigenvalue weighted by atomic mass is 15.1. The van der Waals surface area contributed by atoms with Crippen LogP contribution in [-0.2, 0) is 28.2 Å². The molecule has 11 nitrogen and oxygen atoms in total. The zero-order chi connectivity index (χ0) is 85.2. The van der Waals surface area contributed by atoms with E-state index in [0.29, 0.717) is 0 Å². The third-order valence-electron chi connectivity index (χ3n) is 26.0. The first-order valence-electron chi connectivity index (χ1n) is 43.4. The van der Waals surface area contributed by atoms with Crippen LogP contribution in [0.1, 0.15) is 0 Å². The molecule has 128 heavy (non-hydrogen) atoms. The quantitative estimate of drug-likeness (QED) is 0.110. The summed E-state index contributed by atoms with van der Waals surface area (Å²) >= 11 is 0. The van der Waals surface area contributed by atoms with Crippen molar-refractivity contribution in [2.75, 3.05) is 0 Å². The van der Waals surface area contributed by atoms with Crippen molar-refractivity contribution in [1.82, 2.24) is 53.2 Å². The third-order valence-corrected chi connectivity index (χ3v) is 26.0. The lowest BCUT2D eigenvalue weighted by Crippen LogP contribution is -1.92. The Morgan fingerprint density at radius 1 is 0.180 bits per heavy atom. The molecular weight excluding hydrogens is 1560 g/mol. The van der Waals surface area contributed by atoms with E-state index in [-0.39, 0.29) is 0 Å². The molecule has 20 aromatic carbocycles. The number of hydrogen-bond donors (Lipinski definition) is 0. The Hall–Kier alpha value is -16.9. The zero-order valence-electron chi connectivity index (χ0n) is 70.6. The summed E-state index contributed by atoms with van der Waals surface area (Å²) in [5, 5.41) is 24.2. The molecule has 0 N–H and O–H groups in total. The fourth-order valence-corrected chi connectivity index (χ4v) is 19.9. The van der Waals surface area contributed by atoms with Crippen LogP contribution in [0, 0.1) is 0 Å². The van der Waals surface area contributed by atoms with Gasteiger partial charge in [0.2, 0.25) is 0 Å². The van der Waals surface area contributed by atoms with Gasteiger partial charge in [-0.05, 0) is 187 Å². The summed E-state index contributed by atoms with van der Waals surface area (Å²) in [6, 6.07) is 140. The molecule has 0 aliphatic heterocycles. The highest BCUT2D eigenvalue weighted by Crippen LogP contribution is 2.46. The Bertz CT molecular complexity index is 8760.